The number of aliphatic hydroxyl groups excluding tert-OH is 2. The minimum absolute atomic E-state index is 0.265. The number of hydrogen-bond acceptors (Lipinski definition) is 6. The Balaban J connectivity index is 2.51. The largest absolute Gasteiger partial charge is 0.394 e. The number of aromatic nitrogens is 2. The summed E-state index contributed by atoms with van der Waals surface area (Å²) in [6.07, 6.45) is -2.30. The molecule has 1 aromatic heterocycles. The minimum Gasteiger partial charge on any atom is -0.394 e. The Labute approximate surface area is 107 Å². The monoisotopic (exact) mass is 272 g/mol. The lowest BCUT2D eigenvalue weighted by Crippen LogP contribution is -2.47. The molecule has 0 radical (unpaired) electrons. The van der Waals surface area contributed by atoms with E-state index in [-0.39, 0.29) is 5.56 Å². The summed E-state index contributed by atoms with van der Waals surface area (Å²) in [6.45, 7) is 2.30. The van der Waals surface area contributed by atoms with Gasteiger partial charge in [-0.25, -0.2) is 4.79 Å². The molecule has 19 heavy (non-hydrogen) atoms. The molecule has 1 aliphatic rings. The second-order valence-electron chi connectivity index (χ2n) is 4.86. The smallest absolute Gasteiger partial charge is 0.330 e. The van der Waals surface area contributed by atoms with Crippen LogP contribution in [0.5, 0.6) is 0 Å². The zero-order valence-electron chi connectivity index (χ0n) is 10.5. The topological polar surface area (TPSA) is 125 Å². The number of rotatable bonds is 2. The van der Waals surface area contributed by atoms with E-state index in [0.29, 0.717) is 0 Å². The number of hydrogen-bond donors (Lipinski definition) is 4. The van der Waals surface area contributed by atoms with Crippen molar-refractivity contribution < 1.29 is 20.1 Å². The molecule has 4 N–H and O–H groups in total. The molecule has 106 valence electrons. The molecular formula is C11H16N2O6. The highest BCUT2D eigenvalue weighted by Crippen LogP contribution is 2.37. The summed E-state index contributed by atoms with van der Waals surface area (Å²) in [5.41, 5.74) is -2.78. The normalized spacial score (nSPS) is 34.7. The van der Waals surface area contributed by atoms with E-state index < -0.39 is 41.9 Å². The summed E-state index contributed by atoms with van der Waals surface area (Å²) in [5, 5.41) is 29.1. The van der Waals surface area contributed by atoms with Crippen molar-refractivity contribution in [3.05, 3.63) is 32.6 Å². The highest BCUT2D eigenvalue weighted by Gasteiger charge is 2.53. The average Bonchev–Trinajstić information content (AvgIpc) is 2.56. The van der Waals surface area contributed by atoms with Gasteiger partial charge < -0.3 is 20.1 Å². The van der Waals surface area contributed by atoms with Crippen molar-refractivity contribution in [2.24, 2.45) is 0 Å². The molecule has 3 unspecified atom stereocenters. The lowest BCUT2D eigenvalue weighted by molar-refractivity contribution is -0.0988. The van der Waals surface area contributed by atoms with Crippen molar-refractivity contribution in [3.63, 3.8) is 0 Å². The fourth-order valence-corrected chi connectivity index (χ4v) is 2.15. The maximum absolute atomic E-state index is 11.7. The van der Waals surface area contributed by atoms with Crippen LogP contribution in [0.1, 0.15) is 18.7 Å². The number of nitrogens with one attached hydrogen (secondary N) is 1. The van der Waals surface area contributed by atoms with Gasteiger partial charge in [0.1, 0.15) is 17.8 Å². The predicted octanol–water partition coefficient (Wildman–Crippen LogP) is -2.15. The van der Waals surface area contributed by atoms with Crippen molar-refractivity contribution in [2.75, 3.05) is 6.61 Å². The lowest BCUT2D eigenvalue weighted by atomic mass is 9.96. The summed E-state index contributed by atoms with van der Waals surface area (Å²) >= 11 is 0. The van der Waals surface area contributed by atoms with Gasteiger partial charge in [0.25, 0.3) is 5.56 Å². The molecule has 0 amide bonds. The number of H-pyrrole nitrogens is 1. The maximum Gasteiger partial charge on any atom is 0.330 e. The van der Waals surface area contributed by atoms with Crippen LogP contribution in [0.15, 0.2) is 15.8 Å². The van der Waals surface area contributed by atoms with Gasteiger partial charge in [-0.2, -0.15) is 0 Å². The molecule has 4 atom stereocenters. The van der Waals surface area contributed by atoms with Crippen LogP contribution in [0.2, 0.25) is 0 Å². The van der Waals surface area contributed by atoms with Crippen LogP contribution in [-0.2, 0) is 4.74 Å². The van der Waals surface area contributed by atoms with Crippen LogP contribution < -0.4 is 11.2 Å². The van der Waals surface area contributed by atoms with Gasteiger partial charge in [0.15, 0.2) is 6.23 Å². The fourth-order valence-electron chi connectivity index (χ4n) is 2.15. The molecule has 2 heterocycles. The second-order valence-corrected chi connectivity index (χ2v) is 4.86. The van der Waals surface area contributed by atoms with Crippen LogP contribution in [0.4, 0.5) is 0 Å². The van der Waals surface area contributed by atoms with E-state index in [0.717, 1.165) is 4.57 Å². The zero-order chi connectivity index (χ0) is 14.4. The van der Waals surface area contributed by atoms with Gasteiger partial charge in [-0.05, 0) is 13.8 Å². The lowest BCUT2D eigenvalue weighted by Gasteiger charge is -2.27. The van der Waals surface area contributed by atoms with Crippen molar-refractivity contribution >= 4 is 0 Å². The van der Waals surface area contributed by atoms with E-state index in [1.165, 1.54) is 20.0 Å². The number of aliphatic hydroxyl groups is 3. The average molecular weight is 272 g/mol. The molecule has 1 fully saturated rings. The van der Waals surface area contributed by atoms with E-state index >= 15 is 0 Å². The van der Waals surface area contributed by atoms with Gasteiger partial charge in [-0.3, -0.25) is 14.3 Å². The molecule has 1 aromatic rings. The van der Waals surface area contributed by atoms with Crippen LogP contribution in [0.25, 0.3) is 0 Å². The number of aryl methyl sites for hydroxylation is 1. The zero-order valence-corrected chi connectivity index (χ0v) is 10.5. The fraction of sp³-hybridized carbons (Fsp3) is 0.636. The first-order valence-corrected chi connectivity index (χ1v) is 5.78. The van der Waals surface area contributed by atoms with Crippen LogP contribution in [0, 0.1) is 6.92 Å². The Morgan fingerprint density at radius 1 is 1.53 bits per heavy atom. The second kappa shape index (κ2) is 4.57. The molecule has 0 bridgehead atoms. The quantitative estimate of drug-likeness (QED) is 0.486. The predicted molar refractivity (Wildman–Crippen MR) is 63.7 cm³/mol. The van der Waals surface area contributed by atoms with E-state index in [4.69, 9.17) is 9.84 Å². The summed E-state index contributed by atoms with van der Waals surface area (Å²) in [4.78, 5) is 25.1. The first-order chi connectivity index (χ1) is 8.78. The Hall–Kier alpha value is -1.48. The van der Waals surface area contributed by atoms with Gasteiger partial charge in [0.05, 0.1) is 6.61 Å². The standard InChI is InChI=1S/C11H16N2O6/c1-5-3-13(10(17)12-8(5)16)9-11(2,18)7(15)6(4-14)19-9/h3,6-7,9,14-15,18H,4H2,1-2H3,(H,12,16,17)/t6?,7-,9?,11?/m0/s1. The van der Waals surface area contributed by atoms with E-state index in [2.05, 4.69) is 4.98 Å². The molecule has 2 rings (SSSR count). The van der Waals surface area contributed by atoms with Crippen molar-refractivity contribution in [2.45, 2.75) is 37.9 Å². The molecule has 1 saturated heterocycles. The maximum atomic E-state index is 11.7. The molecular weight excluding hydrogens is 256 g/mol. The molecule has 8 heteroatoms. The van der Waals surface area contributed by atoms with Crippen LogP contribution in [-0.4, -0.2) is 49.3 Å². The molecule has 0 aliphatic carbocycles. The molecule has 0 aromatic carbocycles. The number of ether oxygens (including phenoxy) is 1. The summed E-state index contributed by atoms with van der Waals surface area (Å²) in [6, 6.07) is 0. The van der Waals surface area contributed by atoms with Gasteiger partial charge in [0.2, 0.25) is 0 Å². The van der Waals surface area contributed by atoms with Crippen molar-refractivity contribution in [1.29, 1.82) is 0 Å². The van der Waals surface area contributed by atoms with Crippen molar-refractivity contribution in [3.8, 4) is 0 Å². The van der Waals surface area contributed by atoms with Gasteiger partial charge >= 0.3 is 5.69 Å². The summed E-state index contributed by atoms with van der Waals surface area (Å²) in [5.74, 6) is 0. The Morgan fingerprint density at radius 3 is 2.68 bits per heavy atom. The molecule has 8 nitrogen and oxygen atoms in total. The van der Waals surface area contributed by atoms with E-state index in [1.807, 2.05) is 0 Å². The highest BCUT2D eigenvalue weighted by molar-refractivity contribution is 5.05. The molecule has 1 aliphatic heterocycles. The summed E-state index contributed by atoms with van der Waals surface area (Å²) in [7, 11) is 0. The van der Waals surface area contributed by atoms with Crippen LogP contribution >= 0.6 is 0 Å². The van der Waals surface area contributed by atoms with Gasteiger partial charge in [0, 0.05) is 11.8 Å². The Morgan fingerprint density at radius 2 is 2.16 bits per heavy atom. The number of aromatic amines is 1. The first-order valence-electron chi connectivity index (χ1n) is 5.78. The number of nitrogens with zero attached hydrogens (tertiary/aromatic N) is 1. The van der Waals surface area contributed by atoms with E-state index in [9.17, 15) is 19.8 Å². The Bertz CT molecular complexity index is 590. The summed E-state index contributed by atoms with van der Waals surface area (Å²) < 4.78 is 6.29. The third-order valence-electron chi connectivity index (χ3n) is 3.33. The third-order valence-corrected chi connectivity index (χ3v) is 3.33. The minimum atomic E-state index is -1.76. The SMILES string of the molecule is Cc1cn(C2OC(CO)[C@H](O)C2(C)O)c(=O)[nH]c1=O. The highest BCUT2D eigenvalue weighted by atomic mass is 16.6. The van der Waals surface area contributed by atoms with Crippen LogP contribution in [0.3, 0.4) is 0 Å². The molecule has 0 saturated carbocycles. The van der Waals surface area contributed by atoms with Gasteiger partial charge in [-0.15, -0.1) is 0 Å². The molecule has 0 spiro atoms. The van der Waals surface area contributed by atoms with E-state index in [1.54, 1.807) is 0 Å². The van der Waals surface area contributed by atoms with Gasteiger partial charge in [-0.1, -0.05) is 0 Å². The third kappa shape index (κ3) is 2.12. The Kier molecular flexibility index (Phi) is 3.35. The van der Waals surface area contributed by atoms with Crippen molar-refractivity contribution in [1.82, 2.24) is 9.55 Å². The first kappa shape index (κ1) is 13.9.